The van der Waals surface area contributed by atoms with Crippen molar-refractivity contribution in [2.75, 3.05) is 20.3 Å². The van der Waals surface area contributed by atoms with Gasteiger partial charge in [-0.2, -0.15) is 13.2 Å². The minimum Gasteiger partial charge on any atom is -0.383 e. The normalized spacial score (nSPS) is 26.9. The maximum Gasteiger partial charge on any atom is 0.416 e. The highest BCUT2D eigenvalue weighted by Crippen LogP contribution is 2.34. The molecule has 0 amide bonds. The molecule has 1 aromatic carbocycles. The van der Waals surface area contributed by atoms with Crippen molar-refractivity contribution in [2.24, 2.45) is 5.92 Å². The lowest BCUT2D eigenvalue weighted by Gasteiger charge is -2.23. The summed E-state index contributed by atoms with van der Waals surface area (Å²) in [4.78, 5) is 0. The van der Waals surface area contributed by atoms with E-state index >= 15 is 0 Å². The second kappa shape index (κ2) is 5.74. The molecule has 1 N–H and O–H groups in total. The molecule has 2 rings (SSSR count). The van der Waals surface area contributed by atoms with Gasteiger partial charge in [-0.05, 0) is 43.9 Å². The molecular formula is C15H20F3NO. The van der Waals surface area contributed by atoms with Gasteiger partial charge in [0.2, 0.25) is 0 Å². The Bertz CT molecular complexity index is 461. The van der Waals surface area contributed by atoms with E-state index in [2.05, 4.69) is 5.32 Å². The Morgan fingerprint density at radius 3 is 2.70 bits per heavy atom. The van der Waals surface area contributed by atoms with E-state index in [1.54, 1.807) is 19.2 Å². The number of alkyl halides is 3. The zero-order valence-electron chi connectivity index (χ0n) is 11.8. The van der Waals surface area contributed by atoms with Crippen LogP contribution in [0.1, 0.15) is 24.5 Å². The Morgan fingerprint density at radius 2 is 2.05 bits per heavy atom. The van der Waals surface area contributed by atoms with Crippen LogP contribution in [0.3, 0.4) is 0 Å². The molecule has 0 spiro atoms. The van der Waals surface area contributed by atoms with Crippen molar-refractivity contribution >= 4 is 0 Å². The average molecular weight is 287 g/mol. The van der Waals surface area contributed by atoms with Gasteiger partial charge in [-0.1, -0.05) is 18.2 Å². The first-order chi connectivity index (χ1) is 9.34. The molecular weight excluding hydrogens is 267 g/mol. The van der Waals surface area contributed by atoms with Crippen LogP contribution in [-0.4, -0.2) is 25.8 Å². The van der Waals surface area contributed by atoms with Crippen LogP contribution in [0.15, 0.2) is 24.3 Å². The fraction of sp³-hybridized carbons (Fsp3) is 0.600. The third-order valence-electron chi connectivity index (χ3n) is 3.85. The Kier molecular flexibility index (Phi) is 4.39. The molecule has 5 heteroatoms. The molecule has 20 heavy (non-hydrogen) atoms. The average Bonchev–Trinajstić information content (AvgIpc) is 2.70. The highest BCUT2D eigenvalue weighted by Gasteiger charge is 2.37. The van der Waals surface area contributed by atoms with Crippen molar-refractivity contribution in [3.8, 4) is 0 Å². The number of methoxy groups -OCH3 is 1. The summed E-state index contributed by atoms with van der Waals surface area (Å²) < 4.78 is 44.0. The van der Waals surface area contributed by atoms with Crippen LogP contribution >= 0.6 is 0 Å². The maximum atomic E-state index is 13.0. The molecule has 1 aromatic rings. The van der Waals surface area contributed by atoms with Crippen molar-refractivity contribution in [1.29, 1.82) is 0 Å². The van der Waals surface area contributed by atoms with E-state index in [-0.39, 0.29) is 11.5 Å². The minimum absolute atomic E-state index is 0.132. The second-order valence-corrected chi connectivity index (χ2v) is 5.80. The molecule has 1 aliphatic heterocycles. The van der Waals surface area contributed by atoms with E-state index in [4.69, 9.17) is 4.74 Å². The summed E-state index contributed by atoms with van der Waals surface area (Å²) in [5.41, 5.74) is -0.263. The summed E-state index contributed by atoms with van der Waals surface area (Å²) in [6.07, 6.45) is -3.01. The van der Waals surface area contributed by atoms with Crippen LogP contribution in [0.2, 0.25) is 0 Å². The molecule has 0 radical (unpaired) electrons. The van der Waals surface area contributed by atoms with Crippen molar-refractivity contribution in [2.45, 2.75) is 31.5 Å². The van der Waals surface area contributed by atoms with Gasteiger partial charge in [0.15, 0.2) is 0 Å². The van der Waals surface area contributed by atoms with E-state index in [1.165, 1.54) is 6.07 Å². The van der Waals surface area contributed by atoms with E-state index in [0.717, 1.165) is 19.0 Å². The van der Waals surface area contributed by atoms with Crippen molar-refractivity contribution < 1.29 is 17.9 Å². The molecule has 2 unspecified atom stereocenters. The number of rotatable bonds is 4. The van der Waals surface area contributed by atoms with Gasteiger partial charge < -0.3 is 10.1 Å². The molecule has 0 bridgehead atoms. The number of benzene rings is 1. The van der Waals surface area contributed by atoms with Gasteiger partial charge in [0.25, 0.3) is 0 Å². The highest BCUT2D eigenvalue weighted by atomic mass is 19.4. The van der Waals surface area contributed by atoms with Crippen molar-refractivity contribution in [1.82, 2.24) is 5.32 Å². The molecule has 2 nitrogen and oxygen atoms in total. The highest BCUT2D eigenvalue weighted by molar-refractivity contribution is 5.30. The van der Waals surface area contributed by atoms with E-state index in [9.17, 15) is 13.2 Å². The van der Waals surface area contributed by atoms with Crippen molar-refractivity contribution in [3.05, 3.63) is 35.4 Å². The minimum atomic E-state index is -4.28. The molecule has 0 aliphatic carbocycles. The lowest BCUT2D eigenvalue weighted by molar-refractivity contribution is -0.138. The zero-order chi connectivity index (χ0) is 14.8. The third kappa shape index (κ3) is 3.52. The monoisotopic (exact) mass is 287 g/mol. The SMILES string of the molecule is COCC1(C)CC(Cc2ccccc2C(F)(F)F)CN1. The standard InChI is InChI=1S/C15H20F3NO/c1-14(10-20-2)8-11(9-19-14)7-12-5-3-4-6-13(12)15(16,17)18/h3-6,11,19H,7-10H2,1-2H3. The number of halogens is 3. The first kappa shape index (κ1) is 15.3. The van der Waals surface area contributed by atoms with Crippen molar-refractivity contribution in [3.63, 3.8) is 0 Å². The van der Waals surface area contributed by atoms with Gasteiger partial charge in [0.05, 0.1) is 12.2 Å². The van der Waals surface area contributed by atoms with Gasteiger partial charge in [-0.25, -0.2) is 0 Å². The summed E-state index contributed by atoms with van der Waals surface area (Å²) in [5.74, 6) is 0.207. The number of hydrogen-bond donors (Lipinski definition) is 1. The molecule has 0 saturated carbocycles. The fourth-order valence-corrected chi connectivity index (χ4v) is 3.03. The van der Waals surface area contributed by atoms with Gasteiger partial charge in [0, 0.05) is 12.6 Å². The third-order valence-corrected chi connectivity index (χ3v) is 3.85. The number of nitrogens with one attached hydrogen (secondary N) is 1. The Balaban J connectivity index is 2.09. The summed E-state index contributed by atoms with van der Waals surface area (Å²) in [6.45, 7) is 3.35. The van der Waals surface area contributed by atoms with Crippen LogP contribution in [0, 0.1) is 5.92 Å². The Labute approximate surface area is 117 Å². The topological polar surface area (TPSA) is 21.3 Å². The zero-order valence-corrected chi connectivity index (χ0v) is 11.8. The van der Waals surface area contributed by atoms with Crippen LogP contribution < -0.4 is 5.32 Å². The van der Waals surface area contributed by atoms with Crippen LogP contribution in [0.4, 0.5) is 13.2 Å². The van der Waals surface area contributed by atoms with E-state index < -0.39 is 11.7 Å². The molecule has 1 heterocycles. The van der Waals surface area contributed by atoms with Crippen LogP contribution in [0.25, 0.3) is 0 Å². The second-order valence-electron chi connectivity index (χ2n) is 5.80. The first-order valence-electron chi connectivity index (χ1n) is 6.73. The molecule has 0 aromatic heterocycles. The predicted molar refractivity (Wildman–Crippen MR) is 71.5 cm³/mol. The quantitative estimate of drug-likeness (QED) is 0.917. The lowest BCUT2D eigenvalue weighted by atomic mass is 9.89. The smallest absolute Gasteiger partial charge is 0.383 e. The predicted octanol–water partition coefficient (Wildman–Crippen LogP) is 3.26. The Hall–Kier alpha value is -1.07. The molecule has 2 atom stereocenters. The summed E-state index contributed by atoms with van der Waals surface area (Å²) >= 11 is 0. The number of hydrogen-bond acceptors (Lipinski definition) is 2. The van der Waals surface area contributed by atoms with Crippen LogP contribution in [-0.2, 0) is 17.3 Å². The summed E-state index contributed by atoms with van der Waals surface area (Å²) in [6, 6.07) is 5.84. The maximum absolute atomic E-state index is 13.0. The van der Waals surface area contributed by atoms with Crippen LogP contribution in [0.5, 0.6) is 0 Å². The summed E-state index contributed by atoms with van der Waals surface area (Å²) in [5, 5.41) is 3.36. The molecule has 112 valence electrons. The fourth-order valence-electron chi connectivity index (χ4n) is 3.03. The molecule has 1 saturated heterocycles. The lowest BCUT2D eigenvalue weighted by Crippen LogP contribution is -2.40. The molecule has 1 fully saturated rings. The number of ether oxygens (including phenoxy) is 1. The first-order valence-corrected chi connectivity index (χ1v) is 6.73. The van der Waals surface area contributed by atoms with Gasteiger partial charge in [0.1, 0.15) is 0 Å². The van der Waals surface area contributed by atoms with Gasteiger partial charge in [-0.15, -0.1) is 0 Å². The Morgan fingerprint density at radius 1 is 1.35 bits per heavy atom. The largest absolute Gasteiger partial charge is 0.416 e. The summed E-state index contributed by atoms with van der Waals surface area (Å²) in [7, 11) is 1.64. The van der Waals surface area contributed by atoms with Gasteiger partial charge >= 0.3 is 6.18 Å². The van der Waals surface area contributed by atoms with E-state index in [1.807, 2.05) is 6.92 Å². The molecule has 1 aliphatic rings. The van der Waals surface area contributed by atoms with Gasteiger partial charge in [-0.3, -0.25) is 0 Å². The van der Waals surface area contributed by atoms with E-state index in [0.29, 0.717) is 18.6 Å².